The molecule has 0 saturated carbocycles. The van der Waals surface area contributed by atoms with E-state index < -0.39 is 4.92 Å². The summed E-state index contributed by atoms with van der Waals surface area (Å²) in [6.07, 6.45) is 0. The number of non-ortho nitro benzene ring substituents is 1. The lowest BCUT2D eigenvalue weighted by molar-refractivity contribution is -0.384. The minimum Gasteiger partial charge on any atom is -0.456 e. The van der Waals surface area contributed by atoms with Crippen molar-refractivity contribution < 1.29 is 9.34 Å². The van der Waals surface area contributed by atoms with Crippen LogP contribution in [0.2, 0.25) is 0 Å². The van der Waals surface area contributed by atoms with Gasteiger partial charge < -0.3 is 9.73 Å². The van der Waals surface area contributed by atoms with Crippen molar-refractivity contribution in [2.75, 3.05) is 5.32 Å². The predicted octanol–water partition coefficient (Wildman–Crippen LogP) is 5.11. The summed E-state index contributed by atoms with van der Waals surface area (Å²) in [6.45, 7) is 0.597. The molecule has 0 aliphatic carbocycles. The average molecular weight is 318 g/mol. The van der Waals surface area contributed by atoms with E-state index in [1.807, 2.05) is 36.4 Å². The Bertz CT molecular complexity index is 1040. The highest BCUT2D eigenvalue weighted by Crippen LogP contribution is 2.30. The minimum atomic E-state index is -0.394. The third kappa shape index (κ3) is 2.56. The zero-order chi connectivity index (χ0) is 16.5. The average Bonchev–Trinajstić information content (AvgIpc) is 2.98. The topological polar surface area (TPSA) is 68.3 Å². The largest absolute Gasteiger partial charge is 0.456 e. The highest BCUT2D eigenvalue weighted by molar-refractivity contribution is 6.05. The van der Waals surface area contributed by atoms with Crippen molar-refractivity contribution in [3.63, 3.8) is 0 Å². The van der Waals surface area contributed by atoms with E-state index in [-0.39, 0.29) is 5.69 Å². The van der Waals surface area contributed by atoms with Gasteiger partial charge in [-0.1, -0.05) is 30.3 Å². The number of rotatable bonds is 4. The van der Waals surface area contributed by atoms with Gasteiger partial charge in [-0.15, -0.1) is 0 Å². The Hall–Kier alpha value is -3.34. The molecule has 0 radical (unpaired) electrons. The molecule has 24 heavy (non-hydrogen) atoms. The summed E-state index contributed by atoms with van der Waals surface area (Å²) < 4.78 is 5.81. The summed E-state index contributed by atoms with van der Waals surface area (Å²) in [5.74, 6) is 0. The number of para-hydroxylation sites is 1. The Labute approximate surface area is 137 Å². The van der Waals surface area contributed by atoms with Gasteiger partial charge in [0.25, 0.3) is 5.69 Å². The Morgan fingerprint density at radius 3 is 2.46 bits per heavy atom. The first-order chi connectivity index (χ1) is 11.7. The van der Waals surface area contributed by atoms with E-state index in [1.165, 1.54) is 12.1 Å². The lowest BCUT2D eigenvalue weighted by Crippen LogP contribution is -1.99. The molecule has 0 saturated heterocycles. The summed E-state index contributed by atoms with van der Waals surface area (Å²) in [4.78, 5) is 10.3. The molecule has 0 aliphatic rings. The number of fused-ring (bicyclic) bond motifs is 3. The molecule has 118 valence electrons. The Balaban J connectivity index is 1.58. The monoisotopic (exact) mass is 318 g/mol. The second-order valence-electron chi connectivity index (χ2n) is 5.59. The summed E-state index contributed by atoms with van der Waals surface area (Å²) >= 11 is 0. The molecule has 5 nitrogen and oxygen atoms in total. The van der Waals surface area contributed by atoms with Crippen LogP contribution in [0.5, 0.6) is 0 Å². The van der Waals surface area contributed by atoms with Gasteiger partial charge in [0, 0.05) is 35.1 Å². The van der Waals surface area contributed by atoms with Crippen LogP contribution in [-0.4, -0.2) is 4.92 Å². The molecule has 0 spiro atoms. The number of hydrogen-bond acceptors (Lipinski definition) is 4. The van der Waals surface area contributed by atoms with E-state index in [9.17, 15) is 10.1 Å². The first-order valence-electron chi connectivity index (χ1n) is 7.59. The minimum absolute atomic E-state index is 0.102. The summed E-state index contributed by atoms with van der Waals surface area (Å²) in [7, 11) is 0. The number of nitrogens with zero attached hydrogens (tertiary/aromatic N) is 1. The molecule has 0 bridgehead atoms. The van der Waals surface area contributed by atoms with E-state index in [4.69, 9.17) is 4.42 Å². The first kappa shape index (κ1) is 14.3. The maximum atomic E-state index is 10.7. The summed E-state index contributed by atoms with van der Waals surface area (Å²) in [5.41, 5.74) is 3.80. The number of benzene rings is 3. The van der Waals surface area contributed by atoms with Crippen LogP contribution in [0.1, 0.15) is 5.56 Å². The normalized spacial score (nSPS) is 11.0. The molecule has 1 N–H and O–H groups in total. The molecule has 0 amide bonds. The second kappa shape index (κ2) is 5.70. The fourth-order valence-corrected chi connectivity index (χ4v) is 2.78. The molecule has 0 fully saturated rings. The third-order valence-corrected chi connectivity index (χ3v) is 4.02. The van der Waals surface area contributed by atoms with Gasteiger partial charge in [-0.05, 0) is 29.8 Å². The lowest BCUT2D eigenvalue weighted by Gasteiger charge is -2.06. The second-order valence-corrected chi connectivity index (χ2v) is 5.59. The number of hydrogen-bond donors (Lipinski definition) is 1. The van der Waals surface area contributed by atoms with Crippen molar-refractivity contribution in [2.45, 2.75) is 6.54 Å². The molecular weight excluding hydrogens is 304 g/mol. The van der Waals surface area contributed by atoms with Crippen molar-refractivity contribution >= 4 is 33.3 Å². The van der Waals surface area contributed by atoms with E-state index in [2.05, 4.69) is 11.4 Å². The molecule has 1 aromatic heterocycles. The SMILES string of the molecule is O=[N+]([O-])c1ccc(CNc2ccc3oc4ccccc4c3c2)cc1. The quantitative estimate of drug-likeness (QED) is 0.419. The van der Waals surface area contributed by atoms with Crippen LogP contribution < -0.4 is 5.32 Å². The smallest absolute Gasteiger partial charge is 0.269 e. The zero-order valence-corrected chi connectivity index (χ0v) is 12.7. The summed E-state index contributed by atoms with van der Waals surface area (Å²) in [6, 6.07) is 20.5. The number of nitro benzene ring substituents is 1. The van der Waals surface area contributed by atoms with Crippen molar-refractivity contribution in [3.05, 3.63) is 82.4 Å². The molecule has 0 atom stereocenters. The van der Waals surface area contributed by atoms with Gasteiger partial charge in [-0.25, -0.2) is 0 Å². The highest BCUT2D eigenvalue weighted by atomic mass is 16.6. The van der Waals surface area contributed by atoms with Crippen LogP contribution in [0.15, 0.2) is 71.1 Å². The van der Waals surface area contributed by atoms with Crippen LogP contribution in [-0.2, 0) is 6.54 Å². The van der Waals surface area contributed by atoms with Gasteiger partial charge in [-0.2, -0.15) is 0 Å². The number of furan rings is 1. The van der Waals surface area contributed by atoms with Crippen LogP contribution in [0.4, 0.5) is 11.4 Å². The van der Waals surface area contributed by atoms with Crippen molar-refractivity contribution in [1.82, 2.24) is 0 Å². The Morgan fingerprint density at radius 1 is 0.917 bits per heavy atom. The molecule has 1 heterocycles. The molecule has 4 aromatic rings. The third-order valence-electron chi connectivity index (χ3n) is 4.02. The fourth-order valence-electron chi connectivity index (χ4n) is 2.78. The highest BCUT2D eigenvalue weighted by Gasteiger charge is 2.07. The first-order valence-corrected chi connectivity index (χ1v) is 7.59. The maximum absolute atomic E-state index is 10.7. The lowest BCUT2D eigenvalue weighted by atomic mass is 10.1. The van der Waals surface area contributed by atoms with E-state index in [0.717, 1.165) is 33.2 Å². The number of anilines is 1. The molecule has 0 aliphatic heterocycles. The van der Waals surface area contributed by atoms with Crippen molar-refractivity contribution in [3.8, 4) is 0 Å². The predicted molar refractivity (Wildman–Crippen MR) is 94.1 cm³/mol. The van der Waals surface area contributed by atoms with Gasteiger partial charge in [0.1, 0.15) is 11.2 Å². The molecule has 0 unspecified atom stereocenters. The van der Waals surface area contributed by atoms with Crippen LogP contribution in [0.3, 0.4) is 0 Å². The summed E-state index contributed by atoms with van der Waals surface area (Å²) in [5, 5.41) is 16.2. The van der Waals surface area contributed by atoms with Gasteiger partial charge in [0.15, 0.2) is 0 Å². The zero-order valence-electron chi connectivity index (χ0n) is 12.7. The number of nitro groups is 1. The van der Waals surface area contributed by atoms with E-state index in [0.29, 0.717) is 6.54 Å². The van der Waals surface area contributed by atoms with Crippen molar-refractivity contribution in [2.24, 2.45) is 0 Å². The van der Waals surface area contributed by atoms with Gasteiger partial charge in [0.05, 0.1) is 4.92 Å². The van der Waals surface area contributed by atoms with Gasteiger partial charge >= 0.3 is 0 Å². The van der Waals surface area contributed by atoms with E-state index in [1.54, 1.807) is 12.1 Å². The van der Waals surface area contributed by atoms with Gasteiger partial charge in [-0.3, -0.25) is 10.1 Å². The Morgan fingerprint density at radius 2 is 1.67 bits per heavy atom. The van der Waals surface area contributed by atoms with E-state index >= 15 is 0 Å². The molecule has 5 heteroatoms. The fraction of sp³-hybridized carbons (Fsp3) is 0.0526. The van der Waals surface area contributed by atoms with Crippen LogP contribution >= 0.6 is 0 Å². The molecule has 4 rings (SSSR count). The molecular formula is C19H14N2O3. The Kier molecular flexibility index (Phi) is 3.39. The van der Waals surface area contributed by atoms with Crippen LogP contribution in [0.25, 0.3) is 21.9 Å². The van der Waals surface area contributed by atoms with Crippen molar-refractivity contribution in [1.29, 1.82) is 0 Å². The van der Waals surface area contributed by atoms with Gasteiger partial charge in [0.2, 0.25) is 0 Å². The maximum Gasteiger partial charge on any atom is 0.269 e. The van der Waals surface area contributed by atoms with Crippen LogP contribution in [0, 0.1) is 10.1 Å². The molecule has 3 aromatic carbocycles. The standard InChI is InChI=1S/C19H14N2O3/c22-21(23)15-8-5-13(6-9-15)12-20-14-7-10-19-17(11-14)16-3-1-2-4-18(16)24-19/h1-11,20H,12H2. The number of nitrogens with one attached hydrogen (secondary N) is 1.